The first-order chi connectivity index (χ1) is 12.3. The molecule has 0 aromatic heterocycles. The zero-order valence-electron chi connectivity index (χ0n) is 15.2. The zero-order chi connectivity index (χ0) is 17.3. The average Bonchev–Trinajstić information content (AvgIpc) is 2.93. The molecule has 0 N–H and O–H groups in total. The van der Waals surface area contributed by atoms with Crippen molar-refractivity contribution in [2.75, 3.05) is 26.2 Å². The number of rotatable bonds is 6. The second-order valence-electron chi connectivity index (χ2n) is 6.68. The number of likely N-dealkylation sites (tertiary alicyclic amines) is 1. The smallest absolute Gasteiger partial charge is 0.317 e. The summed E-state index contributed by atoms with van der Waals surface area (Å²) in [6.45, 7) is 3.55. The van der Waals surface area contributed by atoms with Crippen molar-refractivity contribution in [3.05, 3.63) is 71.8 Å². The lowest BCUT2D eigenvalue weighted by Crippen LogP contribution is -2.30. The first-order valence-electron chi connectivity index (χ1n) is 9.33. The minimum Gasteiger partial charge on any atom is -0.464 e. The number of carbonyl (C=O) groups is 1. The van der Waals surface area contributed by atoms with Crippen LogP contribution in [0.3, 0.4) is 0 Å². The standard InChI is InChI=1S/C22H27NO2.ClH/c24-22(25-18-17-23-15-9-1-2-10-16-23)21(19-11-5-3-6-12-19)20-13-7-4-8-14-20;/h3-8,11-14,21H,1-2,9-10,15-18H2;1H. The number of halogens is 1. The van der Waals surface area contributed by atoms with Crippen molar-refractivity contribution in [1.82, 2.24) is 4.90 Å². The van der Waals surface area contributed by atoms with E-state index in [1.165, 1.54) is 25.7 Å². The molecule has 0 radical (unpaired) electrons. The Balaban J connectivity index is 0.00000243. The second kappa shape index (κ2) is 11.0. The minimum absolute atomic E-state index is 0. The molecule has 1 aliphatic rings. The number of ether oxygens (including phenoxy) is 1. The SMILES string of the molecule is Cl.O=C(OCCN1CCCCCC1)C(c1ccccc1)c1ccccc1. The van der Waals surface area contributed by atoms with Crippen LogP contribution < -0.4 is 0 Å². The molecule has 1 saturated heterocycles. The van der Waals surface area contributed by atoms with Crippen molar-refractivity contribution in [2.45, 2.75) is 31.6 Å². The van der Waals surface area contributed by atoms with Gasteiger partial charge in [0.15, 0.2) is 0 Å². The largest absolute Gasteiger partial charge is 0.464 e. The topological polar surface area (TPSA) is 29.5 Å². The Kier molecular flexibility index (Phi) is 8.66. The maximum absolute atomic E-state index is 12.8. The number of hydrogen-bond acceptors (Lipinski definition) is 3. The molecule has 4 heteroatoms. The summed E-state index contributed by atoms with van der Waals surface area (Å²) in [4.78, 5) is 15.2. The van der Waals surface area contributed by atoms with Crippen LogP contribution in [0.4, 0.5) is 0 Å². The number of benzene rings is 2. The molecular formula is C22H28ClNO2. The average molecular weight is 374 g/mol. The summed E-state index contributed by atoms with van der Waals surface area (Å²) in [5.41, 5.74) is 1.96. The summed E-state index contributed by atoms with van der Waals surface area (Å²) < 4.78 is 5.68. The van der Waals surface area contributed by atoms with Gasteiger partial charge in [-0.05, 0) is 37.1 Å². The van der Waals surface area contributed by atoms with Gasteiger partial charge in [0.25, 0.3) is 0 Å². The van der Waals surface area contributed by atoms with Gasteiger partial charge < -0.3 is 4.74 Å². The summed E-state index contributed by atoms with van der Waals surface area (Å²) in [6.07, 6.45) is 5.15. The molecule has 1 aliphatic heterocycles. The molecule has 0 aliphatic carbocycles. The molecule has 0 bridgehead atoms. The van der Waals surface area contributed by atoms with Crippen LogP contribution in [-0.4, -0.2) is 37.1 Å². The van der Waals surface area contributed by atoms with Gasteiger partial charge in [0.2, 0.25) is 0 Å². The van der Waals surface area contributed by atoms with Crippen molar-refractivity contribution < 1.29 is 9.53 Å². The second-order valence-corrected chi connectivity index (χ2v) is 6.68. The van der Waals surface area contributed by atoms with Crippen LogP contribution in [0.1, 0.15) is 42.7 Å². The van der Waals surface area contributed by atoms with E-state index in [-0.39, 0.29) is 24.3 Å². The fourth-order valence-corrected chi connectivity index (χ4v) is 3.47. The number of carbonyl (C=O) groups excluding carboxylic acids is 1. The first kappa shape index (κ1) is 20.5. The number of hydrogen-bond donors (Lipinski definition) is 0. The number of nitrogens with zero attached hydrogens (tertiary/aromatic N) is 1. The van der Waals surface area contributed by atoms with Crippen LogP contribution in [0.25, 0.3) is 0 Å². The predicted octanol–water partition coefficient (Wildman–Crippen LogP) is 4.66. The summed E-state index contributed by atoms with van der Waals surface area (Å²) in [6, 6.07) is 19.8. The highest BCUT2D eigenvalue weighted by atomic mass is 35.5. The van der Waals surface area contributed by atoms with Crippen molar-refractivity contribution in [1.29, 1.82) is 0 Å². The summed E-state index contributed by atoms with van der Waals surface area (Å²) in [5.74, 6) is -0.515. The van der Waals surface area contributed by atoms with Gasteiger partial charge in [-0.1, -0.05) is 73.5 Å². The van der Waals surface area contributed by atoms with Gasteiger partial charge in [0.1, 0.15) is 12.5 Å². The molecule has 3 nitrogen and oxygen atoms in total. The highest BCUT2D eigenvalue weighted by Gasteiger charge is 2.24. The summed E-state index contributed by atoms with van der Waals surface area (Å²) in [5, 5.41) is 0. The summed E-state index contributed by atoms with van der Waals surface area (Å²) >= 11 is 0. The van der Waals surface area contributed by atoms with Crippen molar-refractivity contribution in [3.63, 3.8) is 0 Å². The third-order valence-electron chi connectivity index (χ3n) is 4.85. The Morgan fingerprint density at radius 2 is 1.35 bits per heavy atom. The lowest BCUT2D eigenvalue weighted by molar-refractivity contribution is -0.144. The fraction of sp³-hybridized carbons (Fsp3) is 0.409. The lowest BCUT2D eigenvalue weighted by Gasteiger charge is -2.21. The van der Waals surface area contributed by atoms with Gasteiger partial charge >= 0.3 is 5.97 Å². The van der Waals surface area contributed by atoms with Crippen LogP contribution in [0.2, 0.25) is 0 Å². The highest BCUT2D eigenvalue weighted by Crippen LogP contribution is 2.25. The Bertz CT molecular complexity index is 600. The van der Waals surface area contributed by atoms with E-state index < -0.39 is 0 Å². The number of esters is 1. The van der Waals surface area contributed by atoms with E-state index in [4.69, 9.17) is 4.74 Å². The van der Waals surface area contributed by atoms with Crippen LogP contribution >= 0.6 is 12.4 Å². The molecule has 0 unspecified atom stereocenters. The fourth-order valence-electron chi connectivity index (χ4n) is 3.47. The third-order valence-corrected chi connectivity index (χ3v) is 4.85. The van der Waals surface area contributed by atoms with E-state index in [1.807, 2.05) is 60.7 Å². The van der Waals surface area contributed by atoms with Gasteiger partial charge in [0.05, 0.1) is 0 Å². The molecule has 140 valence electrons. The van der Waals surface area contributed by atoms with E-state index in [1.54, 1.807) is 0 Å². The molecule has 0 saturated carbocycles. The molecule has 0 spiro atoms. The van der Waals surface area contributed by atoms with Crippen LogP contribution in [0, 0.1) is 0 Å². The van der Waals surface area contributed by atoms with Crippen LogP contribution in [-0.2, 0) is 9.53 Å². The Morgan fingerprint density at radius 3 is 1.85 bits per heavy atom. The van der Waals surface area contributed by atoms with Gasteiger partial charge in [-0.15, -0.1) is 12.4 Å². The van der Waals surface area contributed by atoms with Crippen LogP contribution in [0.5, 0.6) is 0 Å². The zero-order valence-corrected chi connectivity index (χ0v) is 16.0. The predicted molar refractivity (Wildman–Crippen MR) is 108 cm³/mol. The van der Waals surface area contributed by atoms with Gasteiger partial charge in [-0.2, -0.15) is 0 Å². The van der Waals surface area contributed by atoms with E-state index >= 15 is 0 Å². The maximum Gasteiger partial charge on any atom is 0.317 e. The van der Waals surface area contributed by atoms with E-state index in [9.17, 15) is 4.79 Å². The van der Waals surface area contributed by atoms with Crippen LogP contribution in [0.15, 0.2) is 60.7 Å². The summed E-state index contributed by atoms with van der Waals surface area (Å²) in [7, 11) is 0. The minimum atomic E-state index is -0.355. The lowest BCUT2D eigenvalue weighted by atomic mass is 9.91. The molecule has 0 atom stereocenters. The Labute approximate surface area is 162 Å². The molecule has 3 rings (SSSR count). The van der Waals surface area contributed by atoms with Gasteiger partial charge in [0, 0.05) is 6.54 Å². The quantitative estimate of drug-likeness (QED) is 0.690. The van der Waals surface area contributed by atoms with Crippen molar-refractivity contribution in [3.8, 4) is 0 Å². The Hall–Kier alpha value is -1.84. The molecule has 2 aromatic carbocycles. The molecule has 26 heavy (non-hydrogen) atoms. The van der Waals surface area contributed by atoms with Gasteiger partial charge in [-0.3, -0.25) is 9.69 Å². The van der Waals surface area contributed by atoms with E-state index in [2.05, 4.69) is 4.90 Å². The van der Waals surface area contributed by atoms with Crippen molar-refractivity contribution in [2.24, 2.45) is 0 Å². The molecule has 2 aromatic rings. The first-order valence-corrected chi connectivity index (χ1v) is 9.33. The third kappa shape index (κ3) is 5.86. The normalized spacial score (nSPS) is 15.1. The molecule has 1 fully saturated rings. The molecule has 1 heterocycles. The van der Waals surface area contributed by atoms with E-state index in [0.717, 1.165) is 30.8 Å². The van der Waals surface area contributed by atoms with Crippen molar-refractivity contribution >= 4 is 18.4 Å². The van der Waals surface area contributed by atoms with E-state index in [0.29, 0.717) is 6.61 Å². The molecular weight excluding hydrogens is 346 g/mol. The van der Waals surface area contributed by atoms with Gasteiger partial charge in [-0.25, -0.2) is 0 Å². The molecule has 0 amide bonds. The maximum atomic E-state index is 12.8. The monoisotopic (exact) mass is 373 g/mol. The highest BCUT2D eigenvalue weighted by molar-refractivity contribution is 5.85. The Morgan fingerprint density at radius 1 is 0.846 bits per heavy atom.